The van der Waals surface area contributed by atoms with Crippen LogP contribution in [0.2, 0.25) is 0 Å². The van der Waals surface area contributed by atoms with Gasteiger partial charge in [0.25, 0.3) is 0 Å². The number of rotatable bonds is 4. The molecule has 0 amide bonds. The SMILES string of the molecule is Cl.NCCC1CCCCN1Cc1ccsc1. The molecule has 1 aliphatic heterocycles. The van der Waals surface area contributed by atoms with Crippen LogP contribution in [0.4, 0.5) is 0 Å². The summed E-state index contributed by atoms with van der Waals surface area (Å²) < 4.78 is 0. The molecule has 16 heavy (non-hydrogen) atoms. The number of piperidine rings is 1. The average Bonchev–Trinajstić information content (AvgIpc) is 2.74. The Morgan fingerprint density at radius 3 is 3.00 bits per heavy atom. The lowest BCUT2D eigenvalue weighted by molar-refractivity contribution is 0.134. The number of hydrogen-bond donors (Lipinski definition) is 1. The highest BCUT2D eigenvalue weighted by Gasteiger charge is 2.21. The first-order valence-electron chi connectivity index (χ1n) is 5.85. The van der Waals surface area contributed by atoms with Crippen LogP contribution in [0.1, 0.15) is 31.2 Å². The fraction of sp³-hybridized carbons (Fsp3) is 0.667. The summed E-state index contributed by atoms with van der Waals surface area (Å²) in [5.41, 5.74) is 7.13. The number of nitrogens with two attached hydrogens (primary N) is 1. The van der Waals surface area contributed by atoms with Crippen LogP contribution in [0.15, 0.2) is 16.8 Å². The van der Waals surface area contributed by atoms with Crippen molar-refractivity contribution < 1.29 is 0 Å². The highest BCUT2D eigenvalue weighted by atomic mass is 35.5. The second-order valence-corrected chi connectivity index (χ2v) is 5.11. The van der Waals surface area contributed by atoms with Gasteiger partial charge < -0.3 is 5.73 Å². The summed E-state index contributed by atoms with van der Waals surface area (Å²) in [5, 5.41) is 4.42. The van der Waals surface area contributed by atoms with Crippen molar-refractivity contribution in [3.8, 4) is 0 Å². The molecule has 1 atom stereocenters. The molecule has 1 unspecified atom stereocenters. The van der Waals surface area contributed by atoms with Crippen molar-refractivity contribution in [3.05, 3.63) is 22.4 Å². The molecule has 0 bridgehead atoms. The van der Waals surface area contributed by atoms with E-state index < -0.39 is 0 Å². The number of nitrogens with zero attached hydrogens (tertiary/aromatic N) is 1. The van der Waals surface area contributed by atoms with Gasteiger partial charge in [0.1, 0.15) is 0 Å². The lowest BCUT2D eigenvalue weighted by Gasteiger charge is -2.35. The normalized spacial score (nSPS) is 21.7. The minimum Gasteiger partial charge on any atom is -0.330 e. The fourth-order valence-corrected chi connectivity index (χ4v) is 3.06. The topological polar surface area (TPSA) is 29.3 Å². The quantitative estimate of drug-likeness (QED) is 0.902. The second-order valence-electron chi connectivity index (χ2n) is 4.33. The molecule has 4 heteroatoms. The monoisotopic (exact) mass is 260 g/mol. The van der Waals surface area contributed by atoms with E-state index in [1.807, 2.05) is 0 Å². The predicted octanol–water partition coefficient (Wildman–Crippen LogP) is 2.87. The predicted molar refractivity (Wildman–Crippen MR) is 73.3 cm³/mol. The maximum absolute atomic E-state index is 5.67. The summed E-state index contributed by atoms with van der Waals surface area (Å²) in [5.74, 6) is 0. The van der Waals surface area contributed by atoms with Gasteiger partial charge in [-0.1, -0.05) is 6.42 Å². The largest absolute Gasteiger partial charge is 0.330 e. The summed E-state index contributed by atoms with van der Waals surface area (Å²) in [4.78, 5) is 2.61. The third kappa shape index (κ3) is 3.74. The molecular formula is C12H21ClN2S. The van der Waals surface area contributed by atoms with E-state index in [1.165, 1.54) is 31.4 Å². The zero-order chi connectivity index (χ0) is 10.5. The molecule has 2 N–H and O–H groups in total. The van der Waals surface area contributed by atoms with Crippen LogP contribution in [0.25, 0.3) is 0 Å². The van der Waals surface area contributed by atoms with Gasteiger partial charge >= 0.3 is 0 Å². The zero-order valence-electron chi connectivity index (χ0n) is 9.60. The first kappa shape index (κ1) is 14.0. The molecule has 1 aliphatic rings. The maximum Gasteiger partial charge on any atom is 0.0244 e. The van der Waals surface area contributed by atoms with Gasteiger partial charge in [0, 0.05) is 12.6 Å². The summed E-state index contributed by atoms with van der Waals surface area (Å²) in [6, 6.07) is 2.96. The van der Waals surface area contributed by atoms with Gasteiger partial charge in [-0.15, -0.1) is 12.4 Å². The van der Waals surface area contributed by atoms with E-state index in [9.17, 15) is 0 Å². The second kappa shape index (κ2) is 7.28. The Morgan fingerprint density at radius 1 is 1.44 bits per heavy atom. The molecule has 0 spiro atoms. The summed E-state index contributed by atoms with van der Waals surface area (Å²) in [6.07, 6.45) is 5.22. The van der Waals surface area contributed by atoms with Gasteiger partial charge in [-0.05, 0) is 54.7 Å². The zero-order valence-corrected chi connectivity index (χ0v) is 11.2. The lowest BCUT2D eigenvalue weighted by atomic mass is 9.99. The molecule has 0 radical (unpaired) electrons. The van der Waals surface area contributed by atoms with E-state index in [-0.39, 0.29) is 12.4 Å². The Kier molecular flexibility index (Phi) is 6.36. The fourth-order valence-electron chi connectivity index (χ4n) is 2.40. The molecule has 2 nitrogen and oxygen atoms in total. The Balaban J connectivity index is 0.00000128. The van der Waals surface area contributed by atoms with E-state index in [4.69, 9.17) is 5.73 Å². The van der Waals surface area contributed by atoms with Crippen LogP contribution in [0, 0.1) is 0 Å². The molecule has 92 valence electrons. The van der Waals surface area contributed by atoms with Crippen LogP contribution in [-0.2, 0) is 6.54 Å². The first-order valence-corrected chi connectivity index (χ1v) is 6.79. The molecule has 0 aliphatic carbocycles. The Labute approximate surface area is 108 Å². The van der Waals surface area contributed by atoms with Crippen LogP contribution < -0.4 is 5.73 Å². The van der Waals surface area contributed by atoms with Crippen LogP contribution in [0.5, 0.6) is 0 Å². The third-order valence-corrected chi connectivity index (χ3v) is 3.95. The van der Waals surface area contributed by atoms with Crippen molar-refractivity contribution in [1.82, 2.24) is 4.90 Å². The van der Waals surface area contributed by atoms with Gasteiger partial charge in [-0.25, -0.2) is 0 Å². The average molecular weight is 261 g/mol. The number of halogens is 1. The van der Waals surface area contributed by atoms with Crippen LogP contribution >= 0.6 is 23.7 Å². The van der Waals surface area contributed by atoms with Crippen molar-refractivity contribution >= 4 is 23.7 Å². The van der Waals surface area contributed by atoms with Crippen molar-refractivity contribution in [2.75, 3.05) is 13.1 Å². The first-order chi connectivity index (χ1) is 7.40. The lowest BCUT2D eigenvalue weighted by Crippen LogP contribution is -2.39. The molecule has 0 aromatic carbocycles. The molecule has 1 aromatic rings. The smallest absolute Gasteiger partial charge is 0.0244 e. The van der Waals surface area contributed by atoms with Crippen molar-refractivity contribution in [3.63, 3.8) is 0 Å². The molecule has 2 rings (SSSR count). The number of hydrogen-bond acceptors (Lipinski definition) is 3. The van der Waals surface area contributed by atoms with E-state index in [0.29, 0.717) is 0 Å². The molecule has 2 heterocycles. The highest BCUT2D eigenvalue weighted by Crippen LogP contribution is 2.22. The van der Waals surface area contributed by atoms with Crippen molar-refractivity contribution in [1.29, 1.82) is 0 Å². The third-order valence-electron chi connectivity index (χ3n) is 3.21. The molecular weight excluding hydrogens is 240 g/mol. The highest BCUT2D eigenvalue weighted by molar-refractivity contribution is 7.07. The van der Waals surface area contributed by atoms with Crippen LogP contribution in [0.3, 0.4) is 0 Å². The summed E-state index contributed by atoms with van der Waals surface area (Å²) in [7, 11) is 0. The molecule has 1 aromatic heterocycles. The van der Waals surface area contributed by atoms with Gasteiger partial charge in [0.15, 0.2) is 0 Å². The number of thiophene rings is 1. The Bertz CT molecular complexity index is 275. The Hall–Kier alpha value is -0.0900. The standard InChI is InChI=1S/C12H20N2S.ClH/c13-6-4-12-3-1-2-7-14(12)9-11-5-8-15-10-11;/h5,8,10,12H,1-4,6-7,9,13H2;1H. The minimum atomic E-state index is 0. The van der Waals surface area contributed by atoms with E-state index in [2.05, 4.69) is 21.7 Å². The van der Waals surface area contributed by atoms with Crippen molar-refractivity contribution in [2.24, 2.45) is 5.73 Å². The van der Waals surface area contributed by atoms with E-state index in [1.54, 1.807) is 11.3 Å². The van der Waals surface area contributed by atoms with Crippen LogP contribution in [-0.4, -0.2) is 24.0 Å². The molecule has 1 saturated heterocycles. The maximum atomic E-state index is 5.67. The van der Waals surface area contributed by atoms with Gasteiger partial charge in [-0.3, -0.25) is 4.90 Å². The minimum absolute atomic E-state index is 0. The van der Waals surface area contributed by atoms with E-state index >= 15 is 0 Å². The van der Waals surface area contributed by atoms with Gasteiger partial charge in [0.05, 0.1) is 0 Å². The summed E-state index contributed by atoms with van der Waals surface area (Å²) in [6.45, 7) is 3.19. The Morgan fingerprint density at radius 2 is 2.31 bits per heavy atom. The van der Waals surface area contributed by atoms with Gasteiger partial charge in [0.2, 0.25) is 0 Å². The van der Waals surface area contributed by atoms with Crippen molar-refractivity contribution in [2.45, 2.75) is 38.3 Å². The van der Waals surface area contributed by atoms with E-state index in [0.717, 1.165) is 25.6 Å². The number of likely N-dealkylation sites (tertiary alicyclic amines) is 1. The molecule has 1 fully saturated rings. The summed E-state index contributed by atoms with van der Waals surface area (Å²) >= 11 is 1.79. The van der Waals surface area contributed by atoms with Gasteiger partial charge in [-0.2, -0.15) is 11.3 Å². The molecule has 0 saturated carbocycles.